The maximum Gasteiger partial charge on any atom is 0.261 e. The van der Waals surface area contributed by atoms with E-state index in [1.807, 2.05) is 13.8 Å². The average molecular weight is 255 g/mol. The molecule has 0 aromatic heterocycles. The van der Waals surface area contributed by atoms with Crippen molar-refractivity contribution in [1.82, 2.24) is 5.32 Å². The van der Waals surface area contributed by atoms with Crippen LogP contribution in [-0.2, 0) is 9.63 Å². The number of carbonyl (C=O) groups excluding carboxylic acids is 1. The van der Waals surface area contributed by atoms with E-state index in [2.05, 4.69) is 17.4 Å². The number of hydrogen-bond donors (Lipinski definition) is 2. The van der Waals surface area contributed by atoms with E-state index in [0.29, 0.717) is 11.8 Å². The van der Waals surface area contributed by atoms with Gasteiger partial charge in [-0.2, -0.15) is 0 Å². The lowest BCUT2D eigenvalue weighted by molar-refractivity contribution is -0.127. The molecule has 1 fully saturated rings. The zero-order chi connectivity index (χ0) is 13.5. The van der Waals surface area contributed by atoms with Gasteiger partial charge in [-0.05, 0) is 18.8 Å². The lowest BCUT2D eigenvalue weighted by atomic mass is 9.86. The van der Waals surface area contributed by atoms with Crippen molar-refractivity contribution in [3.05, 3.63) is 0 Å². The van der Waals surface area contributed by atoms with Crippen LogP contribution in [0.1, 0.15) is 46.5 Å². The zero-order valence-electron chi connectivity index (χ0n) is 11.6. The average Bonchev–Trinajstić information content (AvgIpc) is 2.32. The summed E-state index contributed by atoms with van der Waals surface area (Å²) in [5, 5.41) is 6.71. The van der Waals surface area contributed by atoms with Crippen LogP contribution in [0.3, 0.4) is 0 Å². The van der Waals surface area contributed by atoms with Crippen LogP contribution in [0.2, 0.25) is 0 Å². The van der Waals surface area contributed by atoms with Crippen molar-refractivity contribution in [2.24, 2.45) is 22.7 Å². The number of rotatable bonds is 5. The molecule has 1 aliphatic rings. The van der Waals surface area contributed by atoms with Crippen molar-refractivity contribution < 1.29 is 9.63 Å². The first-order chi connectivity index (χ1) is 8.50. The molecule has 0 spiro atoms. The number of nitrogens with zero attached hydrogens (tertiary/aromatic N) is 1. The molecule has 1 saturated carbocycles. The lowest BCUT2D eigenvalue weighted by Crippen LogP contribution is -2.42. The van der Waals surface area contributed by atoms with Gasteiger partial charge in [0.15, 0.2) is 6.61 Å². The third-order valence-electron chi connectivity index (χ3n) is 3.41. The van der Waals surface area contributed by atoms with Crippen LogP contribution in [0.5, 0.6) is 0 Å². The first-order valence-electron chi connectivity index (χ1n) is 6.75. The summed E-state index contributed by atoms with van der Waals surface area (Å²) in [6, 6.07) is 0.279. The van der Waals surface area contributed by atoms with Gasteiger partial charge in [0.2, 0.25) is 0 Å². The molecule has 0 unspecified atom stereocenters. The summed E-state index contributed by atoms with van der Waals surface area (Å²) < 4.78 is 0. The molecule has 0 aliphatic heterocycles. The molecule has 1 amide bonds. The fraction of sp³-hybridized carbons (Fsp3) is 0.846. The lowest BCUT2D eigenvalue weighted by Gasteiger charge is -2.29. The number of carbonyl (C=O) groups is 1. The van der Waals surface area contributed by atoms with Crippen molar-refractivity contribution in [3.63, 3.8) is 0 Å². The topological polar surface area (TPSA) is 76.7 Å². The van der Waals surface area contributed by atoms with Crippen LogP contribution in [-0.4, -0.2) is 24.4 Å². The molecular formula is C13H25N3O2. The molecule has 0 radical (unpaired) electrons. The molecular weight excluding hydrogens is 230 g/mol. The van der Waals surface area contributed by atoms with Crippen molar-refractivity contribution in [1.29, 1.82) is 0 Å². The zero-order valence-corrected chi connectivity index (χ0v) is 11.6. The molecule has 3 N–H and O–H groups in total. The van der Waals surface area contributed by atoms with E-state index >= 15 is 0 Å². The summed E-state index contributed by atoms with van der Waals surface area (Å²) in [5.74, 6) is 0.973. The van der Waals surface area contributed by atoms with Gasteiger partial charge in [0, 0.05) is 12.0 Å². The summed E-state index contributed by atoms with van der Waals surface area (Å²) >= 11 is 0. The Bertz CT molecular complexity index is 303. The molecule has 1 rings (SSSR count). The number of amides is 1. The summed E-state index contributed by atoms with van der Waals surface area (Å²) in [5.41, 5.74) is 5.60. The normalized spacial score (nSPS) is 25.0. The molecule has 5 heteroatoms. The summed E-state index contributed by atoms with van der Waals surface area (Å²) in [4.78, 5) is 16.6. The fourth-order valence-electron chi connectivity index (χ4n) is 2.05. The highest BCUT2D eigenvalue weighted by molar-refractivity contribution is 5.82. The van der Waals surface area contributed by atoms with E-state index in [0.717, 1.165) is 6.42 Å². The van der Waals surface area contributed by atoms with Crippen LogP contribution >= 0.6 is 0 Å². The second-order valence-corrected chi connectivity index (χ2v) is 5.38. The minimum absolute atomic E-state index is 0.0589. The molecule has 0 aromatic carbocycles. The number of amidine groups is 1. The second-order valence-electron chi connectivity index (χ2n) is 5.38. The van der Waals surface area contributed by atoms with Crippen molar-refractivity contribution in [2.75, 3.05) is 6.61 Å². The molecule has 5 nitrogen and oxygen atoms in total. The third kappa shape index (κ3) is 4.94. The summed E-state index contributed by atoms with van der Waals surface area (Å²) in [6.45, 7) is 5.97. The Morgan fingerprint density at radius 2 is 2.11 bits per heavy atom. The third-order valence-corrected chi connectivity index (χ3v) is 3.41. The summed E-state index contributed by atoms with van der Waals surface area (Å²) in [6.07, 6.45) is 4.70. The fourth-order valence-corrected chi connectivity index (χ4v) is 2.05. The Hall–Kier alpha value is -1.26. The highest BCUT2D eigenvalue weighted by Crippen LogP contribution is 2.23. The van der Waals surface area contributed by atoms with Crippen molar-refractivity contribution in [3.8, 4) is 0 Å². The molecule has 0 saturated heterocycles. The standard InChI is InChI=1S/C13H25N3O2/c1-9(2)13(14)16-18-8-12(17)15-11-7-5-4-6-10(11)3/h9-11H,4-8H2,1-3H3,(H2,14,16)(H,15,17)/t10-,11-/m0/s1. The van der Waals surface area contributed by atoms with E-state index in [4.69, 9.17) is 10.6 Å². The monoisotopic (exact) mass is 255 g/mol. The first kappa shape index (κ1) is 14.8. The van der Waals surface area contributed by atoms with E-state index in [-0.39, 0.29) is 24.5 Å². The van der Waals surface area contributed by atoms with Gasteiger partial charge in [-0.1, -0.05) is 38.8 Å². The van der Waals surface area contributed by atoms with Crippen LogP contribution in [0.15, 0.2) is 5.16 Å². The molecule has 2 atom stereocenters. The van der Waals surface area contributed by atoms with Gasteiger partial charge < -0.3 is 15.9 Å². The number of nitrogens with two attached hydrogens (primary N) is 1. The molecule has 104 valence electrons. The molecule has 18 heavy (non-hydrogen) atoms. The van der Waals surface area contributed by atoms with Gasteiger partial charge in [0.25, 0.3) is 5.91 Å². The van der Waals surface area contributed by atoms with E-state index in [1.165, 1.54) is 19.3 Å². The predicted octanol–water partition coefficient (Wildman–Crippen LogP) is 1.63. The van der Waals surface area contributed by atoms with Crippen LogP contribution < -0.4 is 11.1 Å². The van der Waals surface area contributed by atoms with Gasteiger partial charge in [0.1, 0.15) is 5.84 Å². The summed E-state index contributed by atoms with van der Waals surface area (Å²) in [7, 11) is 0. The maximum atomic E-state index is 11.7. The van der Waals surface area contributed by atoms with Gasteiger partial charge in [-0.25, -0.2) is 0 Å². The minimum atomic E-state index is -0.117. The van der Waals surface area contributed by atoms with Crippen LogP contribution in [0.4, 0.5) is 0 Å². The Labute approximate surface area is 109 Å². The molecule has 0 bridgehead atoms. The Kier molecular flexibility index (Phi) is 5.95. The Balaban J connectivity index is 2.27. The van der Waals surface area contributed by atoms with Gasteiger partial charge in [0.05, 0.1) is 0 Å². The van der Waals surface area contributed by atoms with Gasteiger partial charge in [-0.3, -0.25) is 4.79 Å². The van der Waals surface area contributed by atoms with Crippen molar-refractivity contribution in [2.45, 2.75) is 52.5 Å². The van der Waals surface area contributed by atoms with Gasteiger partial charge >= 0.3 is 0 Å². The van der Waals surface area contributed by atoms with Crippen LogP contribution in [0, 0.1) is 11.8 Å². The van der Waals surface area contributed by atoms with E-state index in [1.54, 1.807) is 0 Å². The predicted molar refractivity (Wildman–Crippen MR) is 72.0 cm³/mol. The Morgan fingerprint density at radius 1 is 1.44 bits per heavy atom. The van der Waals surface area contributed by atoms with Gasteiger partial charge in [-0.15, -0.1) is 0 Å². The highest BCUT2D eigenvalue weighted by Gasteiger charge is 2.22. The largest absolute Gasteiger partial charge is 0.384 e. The highest BCUT2D eigenvalue weighted by atomic mass is 16.6. The van der Waals surface area contributed by atoms with Crippen molar-refractivity contribution >= 4 is 11.7 Å². The van der Waals surface area contributed by atoms with E-state index in [9.17, 15) is 4.79 Å². The maximum absolute atomic E-state index is 11.7. The number of nitrogens with one attached hydrogen (secondary N) is 1. The number of oxime groups is 1. The molecule has 0 aromatic rings. The van der Waals surface area contributed by atoms with E-state index < -0.39 is 0 Å². The SMILES string of the molecule is CC(C)/C(N)=N/OCC(=O)N[C@H]1CCCC[C@@H]1C. The number of hydrogen-bond acceptors (Lipinski definition) is 3. The minimum Gasteiger partial charge on any atom is -0.384 e. The molecule has 1 aliphatic carbocycles. The van der Waals surface area contributed by atoms with Crippen LogP contribution in [0.25, 0.3) is 0 Å². The Morgan fingerprint density at radius 3 is 2.72 bits per heavy atom. The molecule has 0 heterocycles. The quantitative estimate of drug-likeness (QED) is 0.445. The smallest absolute Gasteiger partial charge is 0.261 e. The first-order valence-corrected chi connectivity index (χ1v) is 6.75. The second kappa shape index (κ2) is 7.24.